The fraction of sp³-hybridized carbons (Fsp3) is 0.667. The van der Waals surface area contributed by atoms with E-state index in [4.69, 9.17) is 4.74 Å². The topological polar surface area (TPSA) is 84.5 Å². The highest BCUT2D eigenvalue weighted by molar-refractivity contribution is 7.16. The van der Waals surface area contributed by atoms with E-state index in [1.165, 1.54) is 17.8 Å². The van der Waals surface area contributed by atoms with Gasteiger partial charge < -0.3 is 15.4 Å². The van der Waals surface area contributed by atoms with Gasteiger partial charge in [0.05, 0.1) is 5.56 Å². The predicted octanol–water partition coefficient (Wildman–Crippen LogP) is 4.20. The van der Waals surface area contributed by atoms with Crippen LogP contribution in [0.15, 0.2) is 0 Å². The van der Waals surface area contributed by atoms with Crippen LogP contribution < -0.4 is 10.6 Å². The van der Waals surface area contributed by atoms with Gasteiger partial charge >= 0.3 is 5.97 Å². The molecule has 2 amide bonds. The number of esters is 1. The van der Waals surface area contributed by atoms with Gasteiger partial charge in [0.25, 0.3) is 5.91 Å². The lowest BCUT2D eigenvalue weighted by Gasteiger charge is -2.29. The lowest BCUT2D eigenvalue weighted by atomic mass is 9.86. The van der Waals surface area contributed by atoms with Crippen molar-refractivity contribution < 1.29 is 19.1 Å². The maximum absolute atomic E-state index is 12.6. The van der Waals surface area contributed by atoms with E-state index in [9.17, 15) is 14.4 Å². The molecule has 0 bridgehead atoms. The van der Waals surface area contributed by atoms with Crippen LogP contribution >= 0.6 is 11.3 Å². The van der Waals surface area contributed by atoms with Gasteiger partial charge in [-0.1, -0.05) is 40.5 Å². The number of ether oxygens (including phenoxy) is 1. The van der Waals surface area contributed by atoms with E-state index in [0.717, 1.165) is 29.7 Å². The molecule has 2 rings (SSSR count). The van der Waals surface area contributed by atoms with Crippen molar-refractivity contribution in [2.75, 3.05) is 11.9 Å². The first-order valence-electron chi connectivity index (χ1n) is 9.88. The Kier molecular flexibility index (Phi) is 7.26. The number of nitrogens with one attached hydrogen (secondary N) is 2. The summed E-state index contributed by atoms with van der Waals surface area (Å²) in [5.41, 5.74) is 0.517. The van der Waals surface area contributed by atoms with Crippen molar-refractivity contribution in [2.24, 2.45) is 11.3 Å². The smallest absolute Gasteiger partial charge is 0.341 e. The molecule has 0 saturated heterocycles. The number of thiophene rings is 1. The van der Waals surface area contributed by atoms with Crippen molar-refractivity contribution in [1.29, 1.82) is 0 Å². The molecule has 0 spiro atoms. The highest BCUT2D eigenvalue weighted by Crippen LogP contribution is 2.34. The Bertz CT molecular complexity index is 748. The van der Waals surface area contributed by atoms with Gasteiger partial charge in [0.1, 0.15) is 5.00 Å². The third-order valence-corrected chi connectivity index (χ3v) is 6.41. The Morgan fingerprint density at radius 1 is 1.14 bits per heavy atom. The fourth-order valence-corrected chi connectivity index (χ4v) is 4.28. The summed E-state index contributed by atoms with van der Waals surface area (Å²) < 4.78 is 5.27. The Hall–Kier alpha value is -1.89. The number of amides is 2. The maximum Gasteiger partial charge on any atom is 0.341 e. The Morgan fingerprint density at radius 2 is 1.79 bits per heavy atom. The number of hydrogen-bond donors (Lipinski definition) is 2. The number of aryl methyl sites for hydroxylation is 1. The van der Waals surface area contributed by atoms with Crippen molar-refractivity contribution in [3.8, 4) is 0 Å². The summed E-state index contributed by atoms with van der Waals surface area (Å²) in [7, 11) is 0. The summed E-state index contributed by atoms with van der Waals surface area (Å²) in [4.78, 5) is 38.1. The highest BCUT2D eigenvalue weighted by atomic mass is 32.1. The van der Waals surface area contributed by atoms with Gasteiger partial charge in [-0.15, -0.1) is 11.3 Å². The quantitative estimate of drug-likeness (QED) is 0.715. The van der Waals surface area contributed by atoms with E-state index < -0.39 is 11.4 Å². The number of hydrogen-bond acceptors (Lipinski definition) is 5. The monoisotopic (exact) mass is 408 g/mol. The molecule has 1 aromatic rings. The molecule has 2 N–H and O–H groups in total. The molecular weight excluding hydrogens is 376 g/mol. The lowest BCUT2D eigenvalue weighted by molar-refractivity contribution is -0.125. The van der Waals surface area contributed by atoms with Gasteiger partial charge in [-0.3, -0.25) is 9.59 Å². The van der Waals surface area contributed by atoms with Crippen LogP contribution in [0.1, 0.15) is 74.2 Å². The number of carbonyl (C=O) groups is 3. The third kappa shape index (κ3) is 5.56. The maximum atomic E-state index is 12.6. The summed E-state index contributed by atoms with van der Waals surface area (Å²) in [6.45, 7) is 11.0. The van der Waals surface area contributed by atoms with Gasteiger partial charge in [-0.2, -0.15) is 0 Å². The SMILES string of the molecule is Cc1sc(NC(=O)C(C)(C)C)c(C(=O)OCC(=O)NC2CCCCC2C)c1C. The number of rotatable bonds is 5. The summed E-state index contributed by atoms with van der Waals surface area (Å²) in [5.74, 6) is -0.601. The summed E-state index contributed by atoms with van der Waals surface area (Å²) in [5, 5.41) is 6.28. The minimum atomic E-state index is -0.585. The van der Waals surface area contributed by atoms with Crippen molar-refractivity contribution in [3.05, 3.63) is 16.0 Å². The van der Waals surface area contributed by atoms with E-state index >= 15 is 0 Å². The number of anilines is 1. The second-order valence-corrected chi connectivity index (χ2v) is 9.93. The van der Waals surface area contributed by atoms with E-state index in [2.05, 4.69) is 17.6 Å². The normalized spacial score (nSPS) is 19.8. The van der Waals surface area contributed by atoms with E-state index in [1.807, 2.05) is 34.6 Å². The van der Waals surface area contributed by atoms with Crippen molar-refractivity contribution in [3.63, 3.8) is 0 Å². The second kappa shape index (κ2) is 9.07. The van der Waals surface area contributed by atoms with Crippen molar-refractivity contribution >= 4 is 34.1 Å². The fourth-order valence-electron chi connectivity index (χ4n) is 3.23. The van der Waals surface area contributed by atoms with Gasteiger partial charge in [0.15, 0.2) is 6.61 Å². The molecule has 2 unspecified atom stereocenters. The third-order valence-electron chi connectivity index (χ3n) is 5.29. The molecule has 1 heterocycles. The first-order valence-corrected chi connectivity index (χ1v) is 10.7. The van der Waals surface area contributed by atoms with Crippen LogP contribution in [0.4, 0.5) is 5.00 Å². The van der Waals surface area contributed by atoms with Gasteiger partial charge in [0.2, 0.25) is 5.91 Å². The molecule has 1 aromatic heterocycles. The van der Waals surface area contributed by atoms with Crippen LogP contribution in [0.5, 0.6) is 0 Å². The van der Waals surface area contributed by atoms with Crippen LogP contribution in [0.2, 0.25) is 0 Å². The van der Waals surface area contributed by atoms with Gasteiger partial charge in [-0.05, 0) is 38.2 Å². The average molecular weight is 409 g/mol. The zero-order valence-electron chi connectivity index (χ0n) is 17.7. The Balaban J connectivity index is 2.01. The largest absolute Gasteiger partial charge is 0.452 e. The summed E-state index contributed by atoms with van der Waals surface area (Å²) >= 11 is 1.34. The standard InChI is InChI=1S/C21H32N2O4S/c1-12-9-7-8-10-15(12)22-16(24)11-27-19(25)17-13(2)14(3)28-18(17)23-20(26)21(4,5)6/h12,15H,7-11H2,1-6H3,(H,22,24)(H,23,26). The Labute approximate surface area is 171 Å². The molecule has 1 aliphatic carbocycles. The van der Waals surface area contributed by atoms with E-state index in [-0.39, 0.29) is 24.5 Å². The van der Waals surface area contributed by atoms with Crippen molar-refractivity contribution in [1.82, 2.24) is 5.32 Å². The molecule has 7 heteroatoms. The second-order valence-electron chi connectivity index (χ2n) is 8.70. The molecule has 1 aliphatic rings. The molecule has 1 saturated carbocycles. The summed E-state index contributed by atoms with van der Waals surface area (Å²) in [6.07, 6.45) is 4.38. The molecule has 0 aliphatic heterocycles. The lowest BCUT2D eigenvalue weighted by Crippen LogP contribution is -2.42. The molecular formula is C21H32N2O4S. The van der Waals surface area contributed by atoms with Crippen LogP contribution in [0.25, 0.3) is 0 Å². The average Bonchev–Trinajstić information content (AvgIpc) is 2.88. The van der Waals surface area contributed by atoms with Crippen LogP contribution in [-0.2, 0) is 14.3 Å². The van der Waals surface area contributed by atoms with Crippen LogP contribution in [0.3, 0.4) is 0 Å². The predicted molar refractivity (Wildman–Crippen MR) is 112 cm³/mol. The van der Waals surface area contributed by atoms with Gasteiger partial charge in [0, 0.05) is 16.3 Å². The first kappa shape index (κ1) is 22.4. The van der Waals surface area contributed by atoms with Gasteiger partial charge in [-0.25, -0.2) is 4.79 Å². The molecule has 156 valence electrons. The van der Waals surface area contributed by atoms with Crippen molar-refractivity contribution in [2.45, 2.75) is 73.3 Å². The molecule has 0 radical (unpaired) electrons. The molecule has 0 aromatic carbocycles. The molecule has 6 nitrogen and oxygen atoms in total. The highest BCUT2D eigenvalue weighted by Gasteiger charge is 2.28. The van der Waals surface area contributed by atoms with Crippen LogP contribution in [-0.4, -0.2) is 30.4 Å². The minimum absolute atomic E-state index is 0.145. The summed E-state index contributed by atoms with van der Waals surface area (Å²) in [6, 6.07) is 0.145. The minimum Gasteiger partial charge on any atom is -0.452 e. The van der Waals surface area contributed by atoms with E-state index in [0.29, 0.717) is 16.5 Å². The van der Waals surface area contributed by atoms with E-state index in [1.54, 1.807) is 0 Å². The van der Waals surface area contributed by atoms with Crippen LogP contribution in [0, 0.1) is 25.2 Å². The molecule has 2 atom stereocenters. The number of carbonyl (C=O) groups excluding carboxylic acids is 3. The zero-order chi connectivity index (χ0) is 21.1. The Morgan fingerprint density at radius 3 is 2.39 bits per heavy atom. The molecule has 28 heavy (non-hydrogen) atoms. The molecule has 1 fully saturated rings. The zero-order valence-corrected chi connectivity index (χ0v) is 18.5. The first-order chi connectivity index (χ1) is 13.0.